The minimum absolute atomic E-state index is 0.126. The van der Waals surface area contributed by atoms with Gasteiger partial charge >= 0.3 is 5.97 Å². The molecule has 3 rings (SSSR count). The second-order valence-corrected chi connectivity index (χ2v) is 6.28. The van der Waals surface area contributed by atoms with E-state index >= 15 is 0 Å². The van der Waals surface area contributed by atoms with Crippen molar-refractivity contribution in [2.45, 2.75) is 13.5 Å². The Hall–Kier alpha value is -2.60. The molecule has 0 saturated heterocycles. The number of carboxylic acids is 1. The molecule has 2 aromatic carbocycles. The Bertz CT molecular complexity index is 980. The second-order valence-electron chi connectivity index (χ2n) is 5.36. The van der Waals surface area contributed by atoms with Crippen LogP contribution in [0.5, 0.6) is 5.75 Å². The van der Waals surface area contributed by atoms with Crippen LogP contribution in [0.25, 0.3) is 10.9 Å². The SMILES string of the molecule is Cc1c(C(=O)O)[nH]c2c(OCc3ccccc3)cc(Br)cc2c1=O. The van der Waals surface area contributed by atoms with Crippen LogP contribution < -0.4 is 10.2 Å². The lowest BCUT2D eigenvalue weighted by Crippen LogP contribution is -2.16. The number of aromatic nitrogens is 1. The molecule has 3 aromatic rings. The number of rotatable bonds is 4. The average Bonchev–Trinajstić information content (AvgIpc) is 2.57. The predicted molar refractivity (Wildman–Crippen MR) is 94.7 cm³/mol. The summed E-state index contributed by atoms with van der Waals surface area (Å²) in [5.41, 5.74) is 1.06. The molecule has 122 valence electrons. The smallest absolute Gasteiger partial charge is 0.352 e. The Morgan fingerprint density at radius 3 is 2.62 bits per heavy atom. The number of carbonyl (C=O) groups is 1. The first-order valence-corrected chi connectivity index (χ1v) is 8.03. The summed E-state index contributed by atoms with van der Waals surface area (Å²) in [4.78, 5) is 26.6. The highest BCUT2D eigenvalue weighted by Gasteiger charge is 2.17. The van der Waals surface area contributed by atoms with Crippen LogP contribution in [0.3, 0.4) is 0 Å². The van der Waals surface area contributed by atoms with Crippen molar-refractivity contribution >= 4 is 32.8 Å². The molecular weight excluding hydrogens is 374 g/mol. The molecule has 0 unspecified atom stereocenters. The molecule has 0 aliphatic carbocycles. The van der Waals surface area contributed by atoms with Gasteiger partial charge < -0.3 is 14.8 Å². The normalized spacial score (nSPS) is 10.8. The van der Waals surface area contributed by atoms with Gasteiger partial charge in [-0.25, -0.2) is 4.79 Å². The zero-order chi connectivity index (χ0) is 17.3. The zero-order valence-electron chi connectivity index (χ0n) is 12.8. The van der Waals surface area contributed by atoms with Crippen molar-refractivity contribution in [1.82, 2.24) is 4.98 Å². The Morgan fingerprint density at radius 2 is 1.96 bits per heavy atom. The van der Waals surface area contributed by atoms with E-state index in [0.29, 0.717) is 27.7 Å². The monoisotopic (exact) mass is 387 g/mol. The molecule has 6 heteroatoms. The number of hydrogen-bond donors (Lipinski definition) is 2. The topological polar surface area (TPSA) is 79.4 Å². The Kier molecular flexibility index (Phi) is 4.40. The first kappa shape index (κ1) is 16.3. The number of pyridine rings is 1. The molecule has 1 heterocycles. The van der Waals surface area contributed by atoms with Crippen LogP contribution in [0.1, 0.15) is 21.6 Å². The number of fused-ring (bicyclic) bond motifs is 1. The van der Waals surface area contributed by atoms with Gasteiger partial charge in [0, 0.05) is 10.0 Å². The number of nitrogens with one attached hydrogen (secondary N) is 1. The molecule has 1 aromatic heterocycles. The van der Waals surface area contributed by atoms with Gasteiger partial charge in [0.25, 0.3) is 0 Å². The van der Waals surface area contributed by atoms with Crippen LogP contribution in [0.2, 0.25) is 0 Å². The van der Waals surface area contributed by atoms with Gasteiger partial charge in [-0.15, -0.1) is 0 Å². The van der Waals surface area contributed by atoms with Crippen molar-refractivity contribution in [2.24, 2.45) is 0 Å². The molecule has 0 bridgehead atoms. The third kappa shape index (κ3) is 3.05. The van der Waals surface area contributed by atoms with Crippen molar-refractivity contribution in [2.75, 3.05) is 0 Å². The van der Waals surface area contributed by atoms with Gasteiger partial charge in [0.1, 0.15) is 18.1 Å². The van der Waals surface area contributed by atoms with E-state index < -0.39 is 5.97 Å². The van der Waals surface area contributed by atoms with Crippen LogP contribution in [0.15, 0.2) is 51.7 Å². The van der Waals surface area contributed by atoms with Crippen molar-refractivity contribution in [3.8, 4) is 5.75 Å². The van der Waals surface area contributed by atoms with Crippen LogP contribution >= 0.6 is 15.9 Å². The Morgan fingerprint density at radius 1 is 1.25 bits per heavy atom. The highest BCUT2D eigenvalue weighted by Crippen LogP contribution is 2.28. The lowest BCUT2D eigenvalue weighted by Gasteiger charge is -2.12. The van der Waals surface area contributed by atoms with E-state index in [1.165, 1.54) is 6.92 Å². The number of carboxylic acid groups (broad SMARTS) is 1. The minimum atomic E-state index is -1.18. The molecule has 24 heavy (non-hydrogen) atoms. The van der Waals surface area contributed by atoms with Crippen molar-refractivity contribution in [1.29, 1.82) is 0 Å². The first-order chi connectivity index (χ1) is 11.5. The molecule has 0 fully saturated rings. The molecule has 2 N–H and O–H groups in total. The number of benzene rings is 2. The van der Waals surface area contributed by atoms with E-state index in [1.807, 2.05) is 30.3 Å². The number of ether oxygens (including phenoxy) is 1. The summed E-state index contributed by atoms with van der Waals surface area (Å²) in [6.07, 6.45) is 0. The predicted octanol–water partition coefficient (Wildman–Crippen LogP) is 3.88. The van der Waals surface area contributed by atoms with E-state index in [1.54, 1.807) is 12.1 Å². The highest BCUT2D eigenvalue weighted by atomic mass is 79.9. The fourth-order valence-electron chi connectivity index (χ4n) is 2.49. The lowest BCUT2D eigenvalue weighted by atomic mass is 10.1. The van der Waals surface area contributed by atoms with Gasteiger partial charge in [-0.3, -0.25) is 4.79 Å². The zero-order valence-corrected chi connectivity index (χ0v) is 14.4. The molecule has 0 aliphatic rings. The fourth-order valence-corrected chi connectivity index (χ4v) is 2.92. The molecule has 0 radical (unpaired) electrons. The van der Waals surface area contributed by atoms with Crippen LogP contribution in [-0.4, -0.2) is 16.1 Å². The van der Waals surface area contributed by atoms with Crippen LogP contribution in [0.4, 0.5) is 0 Å². The standard InChI is InChI=1S/C18H14BrNO4/c1-10-15(18(22)23)20-16-13(17(10)21)7-12(19)8-14(16)24-9-11-5-3-2-4-6-11/h2-8H,9H2,1H3,(H,20,21)(H,22,23). The van der Waals surface area contributed by atoms with Crippen LogP contribution in [0, 0.1) is 6.92 Å². The second kappa shape index (κ2) is 6.49. The molecule has 0 spiro atoms. The van der Waals surface area contributed by atoms with Gasteiger partial charge in [0.2, 0.25) is 0 Å². The number of hydrogen-bond acceptors (Lipinski definition) is 3. The molecular formula is C18H14BrNO4. The summed E-state index contributed by atoms with van der Waals surface area (Å²) >= 11 is 3.37. The summed E-state index contributed by atoms with van der Waals surface area (Å²) in [6, 6.07) is 12.9. The summed E-state index contributed by atoms with van der Waals surface area (Å²) < 4.78 is 6.51. The third-order valence-electron chi connectivity index (χ3n) is 3.73. The van der Waals surface area contributed by atoms with E-state index in [2.05, 4.69) is 20.9 Å². The third-order valence-corrected chi connectivity index (χ3v) is 4.19. The maximum atomic E-state index is 12.5. The van der Waals surface area contributed by atoms with E-state index in [9.17, 15) is 14.7 Å². The lowest BCUT2D eigenvalue weighted by molar-refractivity contribution is 0.0690. The maximum Gasteiger partial charge on any atom is 0.352 e. The van der Waals surface area contributed by atoms with E-state index in [-0.39, 0.29) is 16.7 Å². The fraction of sp³-hybridized carbons (Fsp3) is 0.111. The average molecular weight is 388 g/mol. The minimum Gasteiger partial charge on any atom is -0.487 e. The quantitative estimate of drug-likeness (QED) is 0.711. The summed E-state index contributed by atoms with van der Waals surface area (Å²) in [7, 11) is 0. The first-order valence-electron chi connectivity index (χ1n) is 7.23. The molecule has 0 amide bonds. The van der Waals surface area contributed by atoms with Gasteiger partial charge in [-0.05, 0) is 24.6 Å². The van der Waals surface area contributed by atoms with Gasteiger partial charge in [0.05, 0.1) is 10.9 Å². The highest BCUT2D eigenvalue weighted by molar-refractivity contribution is 9.10. The molecule has 0 atom stereocenters. The Balaban J connectivity index is 2.13. The summed E-state index contributed by atoms with van der Waals surface area (Å²) in [5, 5.41) is 9.67. The summed E-state index contributed by atoms with van der Waals surface area (Å²) in [5.74, 6) is -0.758. The maximum absolute atomic E-state index is 12.5. The van der Waals surface area contributed by atoms with E-state index in [0.717, 1.165) is 5.56 Å². The Labute approximate surface area is 146 Å². The number of aromatic amines is 1. The van der Waals surface area contributed by atoms with Crippen molar-refractivity contribution in [3.63, 3.8) is 0 Å². The van der Waals surface area contributed by atoms with E-state index in [4.69, 9.17) is 4.74 Å². The molecule has 5 nitrogen and oxygen atoms in total. The van der Waals surface area contributed by atoms with Crippen molar-refractivity contribution in [3.05, 3.63) is 74.0 Å². The molecule has 0 aliphatic heterocycles. The number of halogens is 1. The van der Waals surface area contributed by atoms with Gasteiger partial charge in [-0.1, -0.05) is 46.3 Å². The largest absolute Gasteiger partial charge is 0.487 e. The van der Waals surface area contributed by atoms with Crippen molar-refractivity contribution < 1.29 is 14.6 Å². The number of H-pyrrole nitrogens is 1. The number of aromatic carboxylic acids is 1. The molecule has 0 saturated carbocycles. The van der Waals surface area contributed by atoms with Gasteiger partial charge in [0.15, 0.2) is 5.43 Å². The van der Waals surface area contributed by atoms with Gasteiger partial charge in [-0.2, -0.15) is 0 Å². The summed E-state index contributed by atoms with van der Waals surface area (Å²) in [6.45, 7) is 1.80. The van der Waals surface area contributed by atoms with Crippen LogP contribution in [-0.2, 0) is 6.61 Å².